The Kier molecular flexibility index (Phi) is 12.8. The van der Waals surface area contributed by atoms with Crippen LogP contribution in [0.25, 0.3) is 0 Å². The van der Waals surface area contributed by atoms with Crippen LogP contribution in [0.15, 0.2) is 0 Å². The highest BCUT2D eigenvalue weighted by molar-refractivity contribution is 5.85. The zero-order valence-corrected chi connectivity index (χ0v) is 13.8. The van der Waals surface area contributed by atoms with Gasteiger partial charge in [0.15, 0.2) is 12.2 Å². The van der Waals surface area contributed by atoms with E-state index < -0.39 is 24.1 Å². The molecule has 0 aromatic rings. The van der Waals surface area contributed by atoms with Crippen LogP contribution in [0.4, 0.5) is 0 Å². The molecular weight excluding hydrogens is 288 g/mol. The number of hydrogen-bond acceptors (Lipinski definition) is 6. The summed E-state index contributed by atoms with van der Waals surface area (Å²) in [6, 6.07) is 0. The number of aliphatic hydroxyl groups excluding tert-OH is 2. The van der Waals surface area contributed by atoms with Gasteiger partial charge in [-0.15, -0.1) is 0 Å². The average Bonchev–Trinajstić information content (AvgIpc) is 2.52. The molecule has 0 aliphatic rings. The molecule has 0 saturated carbocycles. The highest BCUT2D eigenvalue weighted by Gasteiger charge is 2.32. The van der Waals surface area contributed by atoms with E-state index >= 15 is 0 Å². The third-order valence-electron chi connectivity index (χ3n) is 3.27. The molecule has 0 spiro atoms. The molecule has 2 N–H and O–H groups in total. The normalized spacial score (nSPS) is 13.5. The maximum atomic E-state index is 11.5. The highest BCUT2D eigenvalue weighted by Crippen LogP contribution is 2.04. The van der Waals surface area contributed by atoms with Crippen molar-refractivity contribution in [1.82, 2.24) is 0 Å². The van der Waals surface area contributed by atoms with E-state index in [1.165, 1.54) is 0 Å². The second kappa shape index (κ2) is 13.5. The molecule has 6 heteroatoms. The molecule has 22 heavy (non-hydrogen) atoms. The first-order chi connectivity index (χ1) is 10.5. The number of carbonyl (C=O) groups excluding carboxylic acids is 2. The van der Waals surface area contributed by atoms with Crippen molar-refractivity contribution in [1.29, 1.82) is 0 Å². The van der Waals surface area contributed by atoms with Gasteiger partial charge in [-0.2, -0.15) is 0 Å². The van der Waals surface area contributed by atoms with Crippen LogP contribution in [-0.4, -0.2) is 47.6 Å². The van der Waals surface area contributed by atoms with E-state index in [1.54, 1.807) is 0 Å². The molecule has 0 aromatic carbocycles. The van der Waals surface area contributed by atoms with Crippen molar-refractivity contribution in [2.45, 2.75) is 77.4 Å². The Morgan fingerprint density at radius 1 is 0.727 bits per heavy atom. The van der Waals surface area contributed by atoms with Crippen molar-refractivity contribution >= 4 is 11.9 Å². The third-order valence-corrected chi connectivity index (χ3v) is 3.27. The highest BCUT2D eigenvalue weighted by atomic mass is 16.6. The van der Waals surface area contributed by atoms with Crippen molar-refractivity contribution in [2.75, 3.05) is 13.2 Å². The lowest BCUT2D eigenvalue weighted by molar-refractivity contribution is -0.173. The molecule has 0 amide bonds. The van der Waals surface area contributed by atoms with Gasteiger partial charge >= 0.3 is 11.9 Å². The standard InChI is InChI=1S/C16H30O6/c1-3-5-7-9-11-21-15(19)13(17)14(18)16(20)22-12-10-8-6-4-2/h13-14,17-18H,3-12H2,1-2H3/t13-,14-/m1/s1. The summed E-state index contributed by atoms with van der Waals surface area (Å²) in [5, 5.41) is 19.1. The number of ether oxygens (including phenoxy) is 2. The smallest absolute Gasteiger partial charge is 0.338 e. The summed E-state index contributed by atoms with van der Waals surface area (Å²) in [6.07, 6.45) is 3.71. The lowest BCUT2D eigenvalue weighted by Crippen LogP contribution is -2.41. The fourth-order valence-corrected chi connectivity index (χ4v) is 1.83. The molecule has 0 unspecified atom stereocenters. The van der Waals surface area contributed by atoms with E-state index in [-0.39, 0.29) is 13.2 Å². The average molecular weight is 318 g/mol. The van der Waals surface area contributed by atoms with E-state index in [9.17, 15) is 19.8 Å². The van der Waals surface area contributed by atoms with E-state index in [2.05, 4.69) is 13.8 Å². The van der Waals surface area contributed by atoms with Gasteiger partial charge in [-0.3, -0.25) is 0 Å². The number of unbranched alkanes of at least 4 members (excludes halogenated alkanes) is 6. The van der Waals surface area contributed by atoms with E-state index in [0.29, 0.717) is 12.8 Å². The van der Waals surface area contributed by atoms with E-state index in [1.807, 2.05) is 0 Å². The minimum atomic E-state index is -1.89. The molecule has 2 atom stereocenters. The van der Waals surface area contributed by atoms with Gasteiger partial charge in [0.1, 0.15) is 0 Å². The number of rotatable bonds is 13. The summed E-state index contributed by atoms with van der Waals surface area (Å²) in [5.41, 5.74) is 0. The van der Waals surface area contributed by atoms with Crippen molar-refractivity contribution in [3.8, 4) is 0 Å². The van der Waals surface area contributed by atoms with Crippen LogP contribution in [0.1, 0.15) is 65.2 Å². The van der Waals surface area contributed by atoms with E-state index in [0.717, 1.165) is 38.5 Å². The summed E-state index contributed by atoms with van der Waals surface area (Å²) < 4.78 is 9.65. The first kappa shape index (κ1) is 20.9. The zero-order valence-electron chi connectivity index (χ0n) is 13.8. The summed E-state index contributed by atoms with van der Waals surface area (Å²) in [4.78, 5) is 23.0. The molecule has 0 rings (SSSR count). The number of aliphatic hydroxyl groups is 2. The van der Waals surface area contributed by atoms with Gasteiger partial charge in [0.2, 0.25) is 0 Å². The fraction of sp³-hybridized carbons (Fsp3) is 0.875. The summed E-state index contributed by atoms with van der Waals surface area (Å²) >= 11 is 0. The van der Waals surface area contributed by atoms with Gasteiger partial charge in [-0.25, -0.2) is 9.59 Å². The number of esters is 2. The van der Waals surface area contributed by atoms with Gasteiger partial charge in [0.25, 0.3) is 0 Å². The second-order valence-corrected chi connectivity index (χ2v) is 5.35. The van der Waals surface area contributed by atoms with Crippen molar-refractivity contribution < 1.29 is 29.3 Å². The minimum absolute atomic E-state index is 0.175. The molecule has 0 saturated heterocycles. The Hall–Kier alpha value is -1.14. The first-order valence-electron chi connectivity index (χ1n) is 8.24. The Labute approximate surface area is 132 Å². The van der Waals surface area contributed by atoms with Gasteiger partial charge in [-0.05, 0) is 12.8 Å². The summed E-state index contributed by atoms with van der Waals surface area (Å²) in [6.45, 7) is 4.49. The maximum Gasteiger partial charge on any atom is 0.338 e. The predicted octanol–water partition coefficient (Wildman–Crippen LogP) is 1.96. The molecule has 0 radical (unpaired) electrons. The van der Waals surface area contributed by atoms with Crippen LogP contribution in [0.5, 0.6) is 0 Å². The predicted molar refractivity (Wildman–Crippen MR) is 82.2 cm³/mol. The van der Waals surface area contributed by atoms with Gasteiger partial charge in [0.05, 0.1) is 13.2 Å². The maximum absolute atomic E-state index is 11.5. The molecule has 0 fully saturated rings. The molecular formula is C16H30O6. The van der Waals surface area contributed by atoms with Crippen molar-refractivity contribution in [3.63, 3.8) is 0 Å². The van der Waals surface area contributed by atoms with Crippen molar-refractivity contribution in [2.24, 2.45) is 0 Å². The molecule has 0 aliphatic carbocycles. The van der Waals surface area contributed by atoms with Crippen LogP contribution in [0.3, 0.4) is 0 Å². The molecule has 0 aliphatic heterocycles. The largest absolute Gasteiger partial charge is 0.464 e. The van der Waals surface area contributed by atoms with Gasteiger partial charge < -0.3 is 19.7 Å². The monoisotopic (exact) mass is 318 g/mol. The number of carbonyl (C=O) groups is 2. The molecule has 0 heterocycles. The van der Waals surface area contributed by atoms with Gasteiger partial charge in [0, 0.05) is 0 Å². The Bertz CT molecular complexity index is 275. The second-order valence-electron chi connectivity index (χ2n) is 5.35. The third kappa shape index (κ3) is 9.73. The van der Waals surface area contributed by atoms with Gasteiger partial charge in [-0.1, -0.05) is 52.4 Å². The van der Waals surface area contributed by atoms with Crippen molar-refractivity contribution in [3.05, 3.63) is 0 Å². The molecule has 130 valence electrons. The van der Waals surface area contributed by atoms with Crippen LogP contribution >= 0.6 is 0 Å². The number of hydrogen-bond donors (Lipinski definition) is 2. The van der Waals surface area contributed by atoms with Crippen LogP contribution in [0.2, 0.25) is 0 Å². The quantitative estimate of drug-likeness (QED) is 0.398. The van der Waals surface area contributed by atoms with Crippen LogP contribution in [0, 0.1) is 0 Å². The van der Waals surface area contributed by atoms with E-state index in [4.69, 9.17) is 9.47 Å². The Balaban J connectivity index is 3.88. The molecule has 0 bridgehead atoms. The Morgan fingerprint density at radius 3 is 1.41 bits per heavy atom. The summed E-state index contributed by atoms with van der Waals surface area (Å²) in [5.74, 6) is -1.99. The summed E-state index contributed by atoms with van der Waals surface area (Å²) in [7, 11) is 0. The lowest BCUT2D eigenvalue weighted by Gasteiger charge is -2.16. The SMILES string of the molecule is CCCCCCOC(=O)[C@H](O)[C@@H](O)C(=O)OCCCCCC. The van der Waals surface area contributed by atoms with Crippen LogP contribution in [-0.2, 0) is 19.1 Å². The lowest BCUT2D eigenvalue weighted by atomic mass is 10.2. The minimum Gasteiger partial charge on any atom is -0.464 e. The first-order valence-corrected chi connectivity index (χ1v) is 8.24. The Morgan fingerprint density at radius 2 is 1.09 bits per heavy atom. The molecule has 6 nitrogen and oxygen atoms in total. The zero-order chi connectivity index (χ0) is 16.8. The fourth-order valence-electron chi connectivity index (χ4n) is 1.83. The topological polar surface area (TPSA) is 93.1 Å². The van der Waals surface area contributed by atoms with Crippen LogP contribution < -0.4 is 0 Å². The molecule has 0 aromatic heterocycles.